The number of nitrogens with zero attached hydrogens (tertiary/aromatic N) is 4. The number of fused-ring (bicyclic) bond motifs is 1. The molecule has 3 aromatic heterocycles. The zero-order valence-electron chi connectivity index (χ0n) is 18.4. The third-order valence-corrected chi connectivity index (χ3v) is 5.72. The van der Waals surface area contributed by atoms with Crippen molar-refractivity contribution in [3.63, 3.8) is 0 Å². The maximum absolute atomic E-state index is 12.7. The fourth-order valence-corrected chi connectivity index (χ4v) is 4.04. The van der Waals surface area contributed by atoms with Crippen molar-refractivity contribution in [1.82, 2.24) is 24.8 Å². The quantitative estimate of drug-likeness (QED) is 0.458. The van der Waals surface area contributed by atoms with Crippen molar-refractivity contribution < 1.29 is 17.9 Å². The Morgan fingerprint density at radius 3 is 2.46 bits per heavy atom. The third-order valence-electron chi connectivity index (χ3n) is 5.72. The van der Waals surface area contributed by atoms with Gasteiger partial charge >= 0.3 is 6.36 Å². The lowest BCUT2D eigenvalue weighted by molar-refractivity contribution is -0.274. The van der Waals surface area contributed by atoms with Gasteiger partial charge in [0.05, 0.1) is 17.0 Å². The lowest BCUT2D eigenvalue weighted by Crippen LogP contribution is -2.35. The molecule has 0 radical (unpaired) electrons. The van der Waals surface area contributed by atoms with Crippen LogP contribution >= 0.6 is 0 Å². The third kappa shape index (κ3) is 5.38. The summed E-state index contributed by atoms with van der Waals surface area (Å²) >= 11 is 0. The van der Waals surface area contributed by atoms with Crippen molar-refractivity contribution in [2.75, 3.05) is 6.54 Å². The largest absolute Gasteiger partial charge is 0.573 e. The summed E-state index contributed by atoms with van der Waals surface area (Å²) in [6.07, 6.45) is 0.995. The van der Waals surface area contributed by atoms with Gasteiger partial charge in [-0.25, -0.2) is 4.98 Å². The average Bonchev–Trinajstić information content (AvgIpc) is 2.85. The van der Waals surface area contributed by atoms with Gasteiger partial charge < -0.3 is 9.72 Å². The summed E-state index contributed by atoms with van der Waals surface area (Å²) in [5, 5.41) is 0. The maximum atomic E-state index is 12.7. The number of pyridine rings is 2. The highest BCUT2D eigenvalue weighted by molar-refractivity contribution is 5.60. The minimum atomic E-state index is -4.72. The van der Waals surface area contributed by atoms with Crippen LogP contribution in [0, 0.1) is 0 Å². The second-order valence-electron chi connectivity index (χ2n) is 8.16. The van der Waals surface area contributed by atoms with Gasteiger partial charge in [-0.3, -0.25) is 19.7 Å². The van der Waals surface area contributed by atoms with Crippen LogP contribution in [0.2, 0.25) is 0 Å². The Morgan fingerprint density at radius 2 is 1.77 bits per heavy atom. The van der Waals surface area contributed by atoms with E-state index < -0.39 is 6.36 Å². The number of hydrogen-bond acceptors (Lipinski definition) is 6. The number of rotatable bonds is 5. The highest BCUT2D eigenvalue weighted by atomic mass is 19.4. The van der Waals surface area contributed by atoms with E-state index in [1.54, 1.807) is 30.7 Å². The van der Waals surface area contributed by atoms with Gasteiger partial charge in [0.1, 0.15) is 11.6 Å². The molecule has 5 rings (SSSR count). The zero-order chi connectivity index (χ0) is 24.4. The van der Waals surface area contributed by atoms with E-state index in [9.17, 15) is 18.0 Å². The molecule has 0 fully saturated rings. The van der Waals surface area contributed by atoms with Gasteiger partial charge in [-0.15, -0.1) is 13.2 Å². The van der Waals surface area contributed by atoms with Crippen molar-refractivity contribution in [3.05, 3.63) is 94.3 Å². The van der Waals surface area contributed by atoms with Crippen LogP contribution in [-0.4, -0.2) is 37.7 Å². The van der Waals surface area contributed by atoms with Crippen LogP contribution in [0.25, 0.3) is 22.6 Å². The van der Waals surface area contributed by atoms with Gasteiger partial charge in [0.2, 0.25) is 0 Å². The van der Waals surface area contributed by atoms with E-state index in [1.807, 2.05) is 12.1 Å². The topological polar surface area (TPSA) is 84.0 Å². The fourth-order valence-electron chi connectivity index (χ4n) is 4.04. The second kappa shape index (κ2) is 9.30. The van der Waals surface area contributed by atoms with Crippen molar-refractivity contribution >= 4 is 0 Å². The van der Waals surface area contributed by atoms with E-state index in [-0.39, 0.29) is 11.3 Å². The number of ether oxygens (including phenoxy) is 1. The Morgan fingerprint density at radius 1 is 1.00 bits per heavy atom. The van der Waals surface area contributed by atoms with Crippen LogP contribution in [0.15, 0.2) is 71.9 Å². The average molecular weight is 479 g/mol. The van der Waals surface area contributed by atoms with Crippen LogP contribution < -0.4 is 10.3 Å². The summed E-state index contributed by atoms with van der Waals surface area (Å²) in [7, 11) is 0. The molecule has 0 aliphatic carbocycles. The van der Waals surface area contributed by atoms with E-state index in [1.165, 1.54) is 24.3 Å². The number of halogens is 3. The summed E-state index contributed by atoms with van der Waals surface area (Å²) < 4.78 is 40.9. The Balaban J connectivity index is 1.25. The second-order valence-corrected chi connectivity index (χ2v) is 8.16. The molecule has 35 heavy (non-hydrogen) atoms. The van der Waals surface area contributed by atoms with E-state index in [2.05, 4.69) is 29.6 Å². The van der Waals surface area contributed by atoms with E-state index in [4.69, 9.17) is 0 Å². The molecule has 0 spiro atoms. The van der Waals surface area contributed by atoms with Crippen molar-refractivity contribution in [2.45, 2.75) is 25.9 Å². The monoisotopic (exact) mass is 479 g/mol. The molecule has 0 unspecified atom stereocenters. The zero-order valence-corrected chi connectivity index (χ0v) is 18.4. The molecular weight excluding hydrogens is 459 g/mol. The number of aromatic amines is 1. The Kier molecular flexibility index (Phi) is 6.04. The molecule has 1 N–H and O–H groups in total. The van der Waals surface area contributed by atoms with Crippen molar-refractivity contribution in [1.29, 1.82) is 0 Å². The van der Waals surface area contributed by atoms with Gasteiger partial charge in [-0.05, 0) is 48.0 Å². The molecule has 178 valence electrons. The predicted molar refractivity (Wildman–Crippen MR) is 122 cm³/mol. The number of aromatic nitrogens is 4. The first-order chi connectivity index (χ1) is 16.8. The molecule has 4 heterocycles. The van der Waals surface area contributed by atoms with Crippen LogP contribution in [-0.2, 0) is 19.5 Å². The minimum Gasteiger partial charge on any atom is -0.406 e. The van der Waals surface area contributed by atoms with Crippen LogP contribution in [0.1, 0.15) is 16.8 Å². The first-order valence-corrected chi connectivity index (χ1v) is 10.9. The molecule has 0 saturated carbocycles. The number of H-pyrrole nitrogens is 1. The molecule has 1 aliphatic heterocycles. The Bertz CT molecular complexity index is 1370. The summed E-state index contributed by atoms with van der Waals surface area (Å²) in [5.41, 5.74) is 4.44. The summed E-state index contributed by atoms with van der Waals surface area (Å²) in [4.78, 5) is 30.9. The molecular formula is C25H20F3N5O2. The molecule has 0 amide bonds. The van der Waals surface area contributed by atoms with Gasteiger partial charge in [0.15, 0.2) is 0 Å². The summed E-state index contributed by atoms with van der Waals surface area (Å²) in [6, 6.07) is 12.9. The van der Waals surface area contributed by atoms with Crippen molar-refractivity contribution in [2.24, 2.45) is 0 Å². The van der Waals surface area contributed by atoms with Crippen LogP contribution in [0.3, 0.4) is 0 Å². The molecule has 0 atom stereocenters. The maximum Gasteiger partial charge on any atom is 0.573 e. The number of benzene rings is 1. The standard InChI is InChI=1S/C25H20F3N5O2/c26-25(27,28)35-19-4-2-17(3-5-19)21-6-1-16(13-30-21)14-33-12-9-22-20(15-33)24(34)32-23(31-22)18-7-10-29-11-8-18/h1-8,10-11,13H,9,12,14-15H2,(H,31,32,34). The van der Waals surface area contributed by atoms with E-state index in [0.717, 1.165) is 23.4 Å². The van der Waals surface area contributed by atoms with Crippen LogP contribution in [0.4, 0.5) is 13.2 Å². The van der Waals surface area contributed by atoms with E-state index in [0.29, 0.717) is 42.2 Å². The first kappa shape index (κ1) is 22.7. The summed E-state index contributed by atoms with van der Waals surface area (Å²) in [6.45, 7) is 1.84. The van der Waals surface area contributed by atoms with Gasteiger partial charge in [0.25, 0.3) is 5.56 Å². The lowest BCUT2D eigenvalue weighted by Gasteiger charge is -2.27. The highest BCUT2D eigenvalue weighted by Crippen LogP contribution is 2.26. The molecule has 7 nitrogen and oxygen atoms in total. The molecule has 1 aromatic carbocycles. The molecule has 4 aromatic rings. The molecule has 1 aliphatic rings. The molecule has 10 heteroatoms. The molecule has 0 bridgehead atoms. The Labute approximate surface area is 198 Å². The molecule has 0 saturated heterocycles. The lowest BCUT2D eigenvalue weighted by atomic mass is 10.1. The Hall–Kier alpha value is -4.05. The summed E-state index contributed by atoms with van der Waals surface area (Å²) in [5.74, 6) is 0.267. The predicted octanol–water partition coefficient (Wildman–Crippen LogP) is 4.35. The van der Waals surface area contributed by atoms with E-state index >= 15 is 0 Å². The minimum absolute atomic E-state index is 0.141. The van der Waals surface area contributed by atoms with Crippen molar-refractivity contribution in [3.8, 4) is 28.4 Å². The van der Waals surface area contributed by atoms with Gasteiger partial charge in [-0.2, -0.15) is 0 Å². The first-order valence-electron chi connectivity index (χ1n) is 10.9. The van der Waals surface area contributed by atoms with Gasteiger partial charge in [-0.1, -0.05) is 6.07 Å². The number of nitrogens with one attached hydrogen (secondary N) is 1. The van der Waals surface area contributed by atoms with Crippen LogP contribution in [0.5, 0.6) is 5.75 Å². The number of alkyl halides is 3. The SMILES string of the molecule is O=c1[nH]c(-c2ccncc2)nc2c1CN(Cc1ccc(-c3ccc(OC(F)(F)F)cc3)nc1)CC2. The van der Waals surface area contributed by atoms with Gasteiger partial charge in [0, 0.05) is 55.8 Å². The fraction of sp³-hybridized carbons (Fsp3) is 0.200. The highest BCUT2D eigenvalue weighted by Gasteiger charge is 2.31. The normalized spacial score (nSPS) is 13.9. The smallest absolute Gasteiger partial charge is 0.406 e. The number of hydrogen-bond donors (Lipinski definition) is 1.